The third-order valence-electron chi connectivity index (χ3n) is 3.34. The zero-order chi connectivity index (χ0) is 14.3. The zero-order valence-corrected chi connectivity index (χ0v) is 11.2. The molecule has 3 nitrogen and oxygen atoms in total. The van der Waals surface area contributed by atoms with Crippen molar-refractivity contribution in [2.24, 2.45) is 0 Å². The fraction of sp³-hybridized carbons (Fsp3) is 0.133. The molecule has 2 N–H and O–H groups in total. The maximum Gasteiger partial charge on any atom is 0.352 e. The number of aromatic amines is 1. The molecule has 0 atom stereocenters. The van der Waals surface area contributed by atoms with Gasteiger partial charge in [0.2, 0.25) is 0 Å². The van der Waals surface area contributed by atoms with Gasteiger partial charge in [-0.05, 0) is 59.9 Å². The summed E-state index contributed by atoms with van der Waals surface area (Å²) in [4.78, 5) is 13.8. The number of aryl methyl sites for hydroxylation is 1. The van der Waals surface area contributed by atoms with Gasteiger partial charge in [-0.15, -0.1) is 0 Å². The van der Waals surface area contributed by atoms with Crippen LogP contribution in [0.1, 0.15) is 33.7 Å². The molecule has 0 spiro atoms. The molecule has 0 unspecified atom stereocenters. The van der Waals surface area contributed by atoms with Crippen LogP contribution in [-0.4, -0.2) is 16.1 Å². The number of aromatic nitrogens is 1. The summed E-state index contributed by atoms with van der Waals surface area (Å²) in [5, 5.41) is 9.31. The van der Waals surface area contributed by atoms with E-state index in [1.54, 1.807) is 12.1 Å². The fourth-order valence-electron chi connectivity index (χ4n) is 2.49. The Hall–Kier alpha value is -2.07. The predicted octanol–water partition coefficient (Wildman–Crippen LogP) is 3.99. The van der Waals surface area contributed by atoms with E-state index in [2.05, 4.69) is 4.98 Å². The summed E-state index contributed by atoms with van der Waals surface area (Å²) in [6.07, 6.45) is 3.42. The number of carbonyl (C=O) groups is 1. The normalized spacial score (nSPS) is 15.6. The smallest absolute Gasteiger partial charge is 0.352 e. The van der Waals surface area contributed by atoms with Crippen LogP contribution >= 0.6 is 11.6 Å². The van der Waals surface area contributed by atoms with Crippen LogP contribution in [0.4, 0.5) is 4.39 Å². The van der Waals surface area contributed by atoms with Crippen molar-refractivity contribution < 1.29 is 14.3 Å². The van der Waals surface area contributed by atoms with Crippen molar-refractivity contribution >= 4 is 29.2 Å². The van der Waals surface area contributed by atoms with Crippen molar-refractivity contribution in [1.82, 2.24) is 4.98 Å². The number of aromatic carboxylic acids is 1. The maximum absolute atomic E-state index is 13.3. The molecule has 0 aliphatic heterocycles. The Bertz CT molecular complexity index is 713. The van der Waals surface area contributed by atoms with Crippen LogP contribution in [0.5, 0.6) is 0 Å². The molecular formula is C15H11ClFNO2. The third kappa shape index (κ3) is 2.34. The molecule has 0 fully saturated rings. The molecule has 5 heteroatoms. The molecule has 3 rings (SSSR count). The molecule has 20 heavy (non-hydrogen) atoms. The Labute approximate surface area is 119 Å². The van der Waals surface area contributed by atoms with Crippen molar-refractivity contribution in [3.63, 3.8) is 0 Å². The molecule has 0 radical (unpaired) electrons. The average Bonchev–Trinajstić information content (AvgIpc) is 2.90. The van der Waals surface area contributed by atoms with Gasteiger partial charge in [0, 0.05) is 10.7 Å². The van der Waals surface area contributed by atoms with Crippen LogP contribution < -0.4 is 0 Å². The summed E-state index contributed by atoms with van der Waals surface area (Å²) in [5.74, 6) is -1.37. The Morgan fingerprint density at radius 3 is 2.80 bits per heavy atom. The van der Waals surface area contributed by atoms with Crippen molar-refractivity contribution in [2.45, 2.75) is 12.8 Å². The van der Waals surface area contributed by atoms with Crippen molar-refractivity contribution in [3.8, 4) is 0 Å². The molecule has 0 bridgehead atoms. The number of halogens is 2. The SMILES string of the molecule is O=C(O)c1cc2c([nH]1)/C(=C/c1cc(F)cc(Cl)c1)CC2. The van der Waals surface area contributed by atoms with Gasteiger partial charge in [-0.3, -0.25) is 0 Å². The lowest BCUT2D eigenvalue weighted by molar-refractivity contribution is 0.0691. The van der Waals surface area contributed by atoms with E-state index in [1.165, 1.54) is 12.1 Å². The first-order valence-electron chi connectivity index (χ1n) is 6.15. The number of nitrogens with one attached hydrogen (secondary N) is 1. The molecule has 0 amide bonds. The van der Waals surface area contributed by atoms with E-state index in [-0.39, 0.29) is 11.5 Å². The minimum atomic E-state index is -0.979. The highest BCUT2D eigenvalue weighted by Crippen LogP contribution is 2.34. The number of benzene rings is 1. The lowest BCUT2D eigenvalue weighted by Gasteiger charge is -2.01. The van der Waals surface area contributed by atoms with Gasteiger partial charge in [0.15, 0.2) is 0 Å². The Morgan fingerprint density at radius 2 is 2.10 bits per heavy atom. The number of carboxylic acid groups (broad SMARTS) is 1. The minimum Gasteiger partial charge on any atom is -0.477 e. The Balaban J connectivity index is 2.01. The maximum atomic E-state index is 13.3. The first kappa shape index (κ1) is 12.9. The van der Waals surface area contributed by atoms with E-state index in [0.717, 1.165) is 29.7 Å². The number of hydrogen-bond donors (Lipinski definition) is 2. The zero-order valence-electron chi connectivity index (χ0n) is 10.4. The number of rotatable bonds is 2. The Morgan fingerprint density at radius 1 is 1.30 bits per heavy atom. The lowest BCUT2D eigenvalue weighted by atomic mass is 10.1. The third-order valence-corrected chi connectivity index (χ3v) is 3.56. The summed E-state index contributed by atoms with van der Waals surface area (Å²) in [6, 6.07) is 5.98. The quantitative estimate of drug-likeness (QED) is 0.879. The highest BCUT2D eigenvalue weighted by atomic mass is 35.5. The molecule has 1 aliphatic carbocycles. The molecule has 1 aliphatic rings. The average molecular weight is 292 g/mol. The number of hydrogen-bond acceptors (Lipinski definition) is 1. The van der Waals surface area contributed by atoms with Crippen LogP contribution in [0.3, 0.4) is 0 Å². The molecule has 102 valence electrons. The van der Waals surface area contributed by atoms with Gasteiger partial charge in [0.25, 0.3) is 0 Å². The highest BCUT2D eigenvalue weighted by molar-refractivity contribution is 6.30. The first-order chi connectivity index (χ1) is 9.52. The first-order valence-corrected chi connectivity index (χ1v) is 6.53. The predicted molar refractivity (Wildman–Crippen MR) is 75.4 cm³/mol. The van der Waals surface area contributed by atoms with Gasteiger partial charge in [-0.2, -0.15) is 0 Å². The van der Waals surface area contributed by atoms with E-state index >= 15 is 0 Å². The van der Waals surface area contributed by atoms with Gasteiger partial charge in [0.05, 0.1) is 0 Å². The topological polar surface area (TPSA) is 53.1 Å². The monoisotopic (exact) mass is 291 g/mol. The summed E-state index contributed by atoms with van der Waals surface area (Å²) in [7, 11) is 0. The molecule has 0 saturated heterocycles. The van der Waals surface area contributed by atoms with Gasteiger partial charge in [0.1, 0.15) is 11.5 Å². The molecular weight excluding hydrogens is 281 g/mol. The van der Waals surface area contributed by atoms with E-state index in [0.29, 0.717) is 10.6 Å². The van der Waals surface area contributed by atoms with Crippen LogP contribution in [-0.2, 0) is 6.42 Å². The van der Waals surface area contributed by atoms with Gasteiger partial charge in [-0.1, -0.05) is 11.6 Å². The second-order valence-electron chi connectivity index (χ2n) is 4.76. The summed E-state index contributed by atoms with van der Waals surface area (Å²) in [5.41, 5.74) is 3.62. The second kappa shape index (κ2) is 4.80. The highest BCUT2D eigenvalue weighted by Gasteiger charge is 2.21. The number of H-pyrrole nitrogens is 1. The summed E-state index contributed by atoms with van der Waals surface area (Å²) >= 11 is 5.83. The largest absolute Gasteiger partial charge is 0.477 e. The van der Waals surface area contributed by atoms with Crippen LogP contribution in [0.25, 0.3) is 11.6 Å². The van der Waals surface area contributed by atoms with Crippen LogP contribution in [0, 0.1) is 5.82 Å². The summed E-state index contributed by atoms with van der Waals surface area (Å²) < 4.78 is 13.3. The van der Waals surface area contributed by atoms with Crippen molar-refractivity contribution in [1.29, 1.82) is 0 Å². The van der Waals surface area contributed by atoms with Gasteiger partial charge >= 0.3 is 5.97 Å². The molecule has 0 saturated carbocycles. The van der Waals surface area contributed by atoms with Crippen LogP contribution in [0.15, 0.2) is 24.3 Å². The number of allylic oxidation sites excluding steroid dienone is 1. The fourth-order valence-corrected chi connectivity index (χ4v) is 2.72. The summed E-state index contributed by atoms with van der Waals surface area (Å²) in [6.45, 7) is 0. The lowest BCUT2D eigenvalue weighted by Crippen LogP contribution is -1.96. The Kier molecular flexibility index (Phi) is 3.10. The molecule has 1 aromatic carbocycles. The van der Waals surface area contributed by atoms with Gasteiger partial charge < -0.3 is 10.1 Å². The minimum absolute atomic E-state index is 0.179. The van der Waals surface area contributed by atoms with Crippen molar-refractivity contribution in [3.05, 3.63) is 57.6 Å². The second-order valence-corrected chi connectivity index (χ2v) is 5.20. The van der Waals surface area contributed by atoms with E-state index in [4.69, 9.17) is 16.7 Å². The van der Waals surface area contributed by atoms with E-state index in [9.17, 15) is 9.18 Å². The molecule has 1 aromatic heterocycles. The van der Waals surface area contributed by atoms with E-state index < -0.39 is 5.97 Å². The number of fused-ring (bicyclic) bond motifs is 1. The molecule has 1 heterocycles. The standard InChI is InChI=1S/C15H11ClFNO2/c16-11-4-8(5-12(17)7-11)3-9-1-2-10-6-13(15(19)20)18-14(9)10/h3-7,18H,1-2H2,(H,19,20)/b9-3+. The number of carboxylic acids is 1. The molecule has 2 aromatic rings. The van der Waals surface area contributed by atoms with Gasteiger partial charge in [-0.25, -0.2) is 9.18 Å². The van der Waals surface area contributed by atoms with Crippen LogP contribution in [0.2, 0.25) is 5.02 Å². The van der Waals surface area contributed by atoms with Crippen molar-refractivity contribution in [2.75, 3.05) is 0 Å². The van der Waals surface area contributed by atoms with E-state index in [1.807, 2.05) is 6.08 Å².